The Morgan fingerprint density at radius 1 is 1.29 bits per heavy atom. The fourth-order valence-electron chi connectivity index (χ4n) is 3.97. The highest BCUT2D eigenvalue weighted by Gasteiger charge is 2.35. The Labute approximate surface area is 207 Å². The zero-order valence-electron chi connectivity index (χ0n) is 19.3. The molecule has 2 atom stereocenters. The number of nitrogens with zero attached hydrogens (tertiary/aromatic N) is 1. The first kappa shape index (κ1) is 25.8. The predicted octanol–water partition coefficient (Wildman–Crippen LogP) is 2.61. The van der Waals surface area contributed by atoms with Gasteiger partial charge in [0.2, 0.25) is 11.8 Å². The van der Waals surface area contributed by atoms with Crippen molar-refractivity contribution in [1.29, 1.82) is 0 Å². The number of carboxylic acid groups (broad SMARTS) is 1. The molecule has 2 aromatic carbocycles. The SMILES string of the molecule is CC[C@H](NC(=O)N1CC(=O)NC[C@@H](Cc2cc(Cl)ccc2OC)C1=O)c1ccc(C(=O)O)c(N)c1. The van der Waals surface area contributed by atoms with Crippen LogP contribution in [0.1, 0.15) is 40.9 Å². The van der Waals surface area contributed by atoms with Crippen molar-refractivity contribution >= 4 is 41.1 Å². The molecule has 1 fully saturated rings. The van der Waals surface area contributed by atoms with Gasteiger partial charge in [0.05, 0.1) is 24.6 Å². The molecule has 2 aromatic rings. The van der Waals surface area contributed by atoms with Crippen LogP contribution in [0.15, 0.2) is 36.4 Å². The molecule has 1 aliphatic rings. The van der Waals surface area contributed by atoms with E-state index >= 15 is 0 Å². The minimum atomic E-state index is -1.16. The quantitative estimate of drug-likeness (QED) is 0.425. The lowest BCUT2D eigenvalue weighted by Gasteiger charge is -2.25. The number of anilines is 1. The van der Waals surface area contributed by atoms with Crippen molar-refractivity contribution in [3.05, 3.63) is 58.1 Å². The highest BCUT2D eigenvalue weighted by molar-refractivity contribution is 6.30. The molecule has 0 aliphatic carbocycles. The van der Waals surface area contributed by atoms with E-state index < -0.39 is 42.3 Å². The van der Waals surface area contributed by atoms with Crippen LogP contribution in [0, 0.1) is 5.92 Å². The summed E-state index contributed by atoms with van der Waals surface area (Å²) in [5, 5.41) is 15.1. The van der Waals surface area contributed by atoms with Crippen LogP contribution < -0.4 is 21.1 Å². The minimum absolute atomic E-state index is 0.0476. The first-order valence-electron chi connectivity index (χ1n) is 11.0. The Balaban J connectivity index is 1.81. The summed E-state index contributed by atoms with van der Waals surface area (Å²) in [7, 11) is 1.50. The molecule has 3 rings (SSSR count). The second-order valence-corrected chi connectivity index (χ2v) is 8.58. The van der Waals surface area contributed by atoms with Gasteiger partial charge in [0.1, 0.15) is 12.3 Å². The van der Waals surface area contributed by atoms with Crippen molar-refractivity contribution in [1.82, 2.24) is 15.5 Å². The molecule has 1 aliphatic heterocycles. The highest BCUT2D eigenvalue weighted by Crippen LogP contribution is 2.27. The van der Waals surface area contributed by atoms with E-state index in [0.29, 0.717) is 28.3 Å². The molecule has 5 N–H and O–H groups in total. The molecule has 0 radical (unpaired) electrons. The average molecular weight is 503 g/mol. The lowest BCUT2D eigenvalue weighted by atomic mass is 9.97. The average Bonchev–Trinajstić information content (AvgIpc) is 2.96. The van der Waals surface area contributed by atoms with Gasteiger partial charge in [-0.2, -0.15) is 0 Å². The maximum Gasteiger partial charge on any atom is 0.337 e. The normalized spacial score (nSPS) is 16.8. The third-order valence-electron chi connectivity index (χ3n) is 5.83. The van der Waals surface area contributed by atoms with Gasteiger partial charge < -0.3 is 26.2 Å². The van der Waals surface area contributed by atoms with Gasteiger partial charge in [-0.05, 0) is 54.3 Å². The summed E-state index contributed by atoms with van der Waals surface area (Å²) in [6, 6.07) is 8.14. The van der Waals surface area contributed by atoms with Crippen molar-refractivity contribution in [2.75, 3.05) is 25.9 Å². The molecule has 4 amide bonds. The Hall–Kier alpha value is -3.79. The van der Waals surface area contributed by atoms with Gasteiger partial charge in [-0.25, -0.2) is 9.59 Å². The van der Waals surface area contributed by atoms with Crippen LogP contribution in [-0.4, -0.2) is 54.0 Å². The Morgan fingerprint density at radius 2 is 2.03 bits per heavy atom. The van der Waals surface area contributed by atoms with E-state index in [1.807, 2.05) is 6.92 Å². The molecule has 11 heteroatoms. The molecular weight excluding hydrogens is 476 g/mol. The van der Waals surface area contributed by atoms with E-state index in [4.69, 9.17) is 22.1 Å². The number of hydrogen-bond donors (Lipinski definition) is 4. The fraction of sp³-hybridized carbons (Fsp3) is 0.333. The first-order valence-corrected chi connectivity index (χ1v) is 11.4. The minimum Gasteiger partial charge on any atom is -0.496 e. The van der Waals surface area contributed by atoms with Crippen molar-refractivity contribution < 1.29 is 29.0 Å². The number of rotatable bonds is 7. The van der Waals surface area contributed by atoms with Crippen LogP contribution >= 0.6 is 11.6 Å². The molecule has 0 saturated carbocycles. The van der Waals surface area contributed by atoms with Crippen molar-refractivity contribution in [2.45, 2.75) is 25.8 Å². The van der Waals surface area contributed by atoms with E-state index in [2.05, 4.69) is 10.6 Å². The second kappa shape index (κ2) is 11.1. The molecule has 0 aromatic heterocycles. The second-order valence-electron chi connectivity index (χ2n) is 8.15. The smallest absolute Gasteiger partial charge is 0.337 e. The number of hydrogen-bond acceptors (Lipinski definition) is 6. The molecule has 0 unspecified atom stereocenters. The van der Waals surface area contributed by atoms with Crippen LogP contribution in [-0.2, 0) is 16.0 Å². The number of aromatic carboxylic acids is 1. The van der Waals surface area contributed by atoms with Gasteiger partial charge in [-0.3, -0.25) is 14.5 Å². The molecule has 186 valence electrons. The number of amides is 4. The first-order chi connectivity index (χ1) is 16.6. The van der Waals surface area contributed by atoms with Gasteiger partial charge in [0, 0.05) is 17.3 Å². The number of carboxylic acids is 1. The van der Waals surface area contributed by atoms with Crippen LogP contribution in [0.2, 0.25) is 5.02 Å². The van der Waals surface area contributed by atoms with Crippen molar-refractivity contribution in [3.63, 3.8) is 0 Å². The van der Waals surface area contributed by atoms with Crippen molar-refractivity contribution in [2.24, 2.45) is 5.92 Å². The monoisotopic (exact) mass is 502 g/mol. The Morgan fingerprint density at radius 3 is 2.66 bits per heavy atom. The standard InChI is InChI=1S/C24H27ClN4O6/c1-3-19(13-4-6-17(23(32)33)18(26)10-13)28-24(34)29-12-21(30)27-11-15(22(29)31)8-14-9-16(25)5-7-20(14)35-2/h4-7,9-10,15,19H,3,8,11-12,26H2,1-2H3,(H,27,30)(H,28,34)(H,32,33)/t15-,19+/m1/s1. The molecule has 0 bridgehead atoms. The van der Waals surface area contributed by atoms with Gasteiger partial charge in [0.15, 0.2) is 0 Å². The number of imide groups is 1. The van der Waals surface area contributed by atoms with E-state index in [1.54, 1.807) is 24.3 Å². The van der Waals surface area contributed by atoms with Gasteiger partial charge in [0.25, 0.3) is 0 Å². The van der Waals surface area contributed by atoms with E-state index in [1.165, 1.54) is 19.2 Å². The molecule has 1 saturated heterocycles. The number of ether oxygens (including phenoxy) is 1. The van der Waals surface area contributed by atoms with E-state index in [9.17, 15) is 24.3 Å². The molecule has 0 spiro atoms. The summed E-state index contributed by atoms with van der Waals surface area (Å²) in [5.74, 6) is -2.31. The largest absolute Gasteiger partial charge is 0.496 e. The zero-order valence-corrected chi connectivity index (χ0v) is 20.1. The number of nitrogen functional groups attached to an aromatic ring is 1. The summed E-state index contributed by atoms with van der Waals surface area (Å²) in [4.78, 5) is 50.9. The van der Waals surface area contributed by atoms with Crippen LogP contribution in [0.5, 0.6) is 5.75 Å². The summed E-state index contributed by atoms with van der Waals surface area (Å²) < 4.78 is 5.36. The lowest BCUT2D eigenvalue weighted by molar-refractivity contribution is -0.133. The van der Waals surface area contributed by atoms with Gasteiger partial charge in [-0.1, -0.05) is 24.6 Å². The third-order valence-corrected chi connectivity index (χ3v) is 6.07. The van der Waals surface area contributed by atoms with Crippen LogP contribution in [0.25, 0.3) is 0 Å². The number of nitrogens with one attached hydrogen (secondary N) is 2. The summed E-state index contributed by atoms with van der Waals surface area (Å²) in [6.07, 6.45) is 0.645. The van der Waals surface area contributed by atoms with Gasteiger partial charge in [-0.15, -0.1) is 0 Å². The van der Waals surface area contributed by atoms with E-state index in [-0.39, 0.29) is 24.2 Å². The molecule has 35 heavy (non-hydrogen) atoms. The lowest BCUT2D eigenvalue weighted by Crippen LogP contribution is -2.48. The number of urea groups is 1. The van der Waals surface area contributed by atoms with Crippen LogP contribution in [0.4, 0.5) is 10.5 Å². The zero-order chi connectivity index (χ0) is 25.7. The third kappa shape index (κ3) is 6.02. The summed E-state index contributed by atoms with van der Waals surface area (Å²) in [5.41, 5.74) is 7.11. The Bertz CT molecular complexity index is 1150. The maximum atomic E-state index is 13.3. The topological polar surface area (TPSA) is 151 Å². The predicted molar refractivity (Wildman–Crippen MR) is 129 cm³/mol. The number of benzene rings is 2. The molecule has 10 nitrogen and oxygen atoms in total. The van der Waals surface area contributed by atoms with Crippen LogP contribution in [0.3, 0.4) is 0 Å². The number of halogens is 1. The molecular formula is C24H27ClN4O6. The fourth-order valence-corrected chi connectivity index (χ4v) is 4.16. The highest BCUT2D eigenvalue weighted by atomic mass is 35.5. The molecule has 1 heterocycles. The number of carbonyl (C=O) groups is 4. The van der Waals surface area contributed by atoms with E-state index in [0.717, 1.165) is 4.90 Å². The van der Waals surface area contributed by atoms with Crippen molar-refractivity contribution in [3.8, 4) is 5.75 Å². The number of carbonyl (C=O) groups excluding carboxylic acids is 3. The summed E-state index contributed by atoms with van der Waals surface area (Å²) >= 11 is 6.11. The summed E-state index contributed by atoms with van der Waals surface area (Å²) in [6.45, 7) is 1.45. The van der Waals surface area contributed by atoms with Gasteiger partial charge >= 0.3 is 12.0 Å². The number of nitrogens with two attached hydrogens (primary N) is 1. The maximum absolute atomic E-state index is 13.3. The number of methoxy groups -OCH3 is 1. The Kier molecular flexibility index (Phi) is 8.18.